The number of hydrogen-bond donors (Lipinski definition) is 1. The van der Waals surface area contributed by atoms with E-state index in [0.717, 1.165) is 17.7 Å². The van der Waals surface area contributed by atoms with Crippen molar-refractivity contribution in [2.24, 2.45) is 0 Å². The van der Waals surface area contributed by atoms with Gasteiger partial charge in [0.15, 0.2) is 12.4 Å². The third-order valence-corrected chi connectivity index (χ3v) is 4.91. The number of amides is 1. The first-order chi connectivity index (χ1) is 13.5. The van der Waals surface area contributed by atoms with Gasteiger partial charge >= 0.3 is 5.97 Å². The fourth-order valence-corrected chi connectivity index (χ4v) is 3.21. The summed E-state index contributed by atoms with van der Waals surface area (Å²) in [6, 6.07) is 14.8. The molecular formula is C22H25NO4S. The van der Waals surface area contributed by atoms with Gasteiger partial charge in [-0.05, 0) is 30.4 Å². The van der Waals surface area contributed by atoms with Crippen molar-refractivity contribution in [3.8, 4) is 0 Å². The van der Waals surface area contributed by atoms with Crippen molar-refractivity contribution in [2.45, 2.75) is 37.5 Å². The van der Waals surface area contributed by atoms with E-state index in [1.807, 2.05) is 36.6 Å². The molecule has 1 amide bonds. The smallest absolute Gasteiger partial charge is 0.306 e. The highest BCUT2D eigenvalue weighted by molar-refractivity contribution is 7.98. The highest BCUT2D eigenvalue weighted by Crippen LogP contribution is 2.24. The molecule has 0 atom stereocenters. The van der Waals surface area contributed by atoms with Crippen LogP contribution in [0.1, 0.15) is 42.1 Å². The van der Waals surface area contributed by atoms with E-state index in [1.54, 1.807) is 18.2 Å². The molecule has 1 N–H and O–H groups in total. The van der Waals surface area contributed by atoms with Gasteiger partial charge in [-0.15, -0.1) is 11.8 Å². The van der Waals surface area contributed by atoms with Crippen LogP contribution < -0.4 is 5.32 Å². The zero-order chi connectivity index (χ0) is 20.4. The molecule has 0 unspecified atom stereocenters. The van der Waals surface area contributed by atoms with Crippen molar-refractivity contribution in [1.82, 2.24) is 0 Å². The fourth-order valence-electron chi connectivity index (χ4n) is 2.66. The fraction of sp³-hybridized carbons (Fsp3) is 0.318. The largest absolute Gasteiger partial charge is 0.456 e. The lowest BCUT2D eigenvalue weighted by Gasteiger charge is -2.09. The van der Waals surface area contributed by atoms with Crippen molar-refractivity contribution < 1.29 is 19.1 Å². The molecule has 0 radical (unpaired) electrons. The van der Waals surface area contributed by atoms with Crippen molar-refractivity contribution in [3.63, 3.8) is 0 Å². The number of rotatable bonds is 10. The lowest BCUT2D eigenvalue weighted by atomic mass is 10.0. The molecule has 5 nitrogen and oxygen atoms in total. The Balaban J connectivity index is 1.74. The predicted molar refractivity (Wildman–Crippen MR) is 112 cm³/mol. The first-order valence-corrected chi connectivity index (χ1v) is 10.5. The van der Waals surface area contributed by atoms with Crippen molar-refractivity contribution >= 4 is 35.1 Å². The number of anilines is 1. The Morgan fingerprint density at radius 1 is 1.00 bits per heavy atom. The van der Waals surface area contributed by atoms with Crippen molar-refractivity contribution in [3.05, 3.63) is 59.7 Å². The number of benzene rings is 2. The molecule has 148 valence electrons. The van der Waals surface area contributed by atoms with Crippen LogP contribution in [-0.2, 0) is 20.7 Å². The van der Waals surface area contributed by atoms with E-state index in [9.17, 15) is 14.4 Å². The van der Waals surface area contributed by atoms with E-state index in [2.05, 4.69) is 12.2 Å². The molecule has 0 bridgehead atoms. The SMILES string of the molecule is CCCc1ccc(C(=O)CCC(=O)OCC(=O)Nc2ccccc2SC)cc1. The predicted octanol–water partition coefficient (Wildman–Crippen LogP) is 4.51. The molecule has 2 aromatic rings. The second-order valence-electron chi connectivity index (χ2n) is 6.28. The van der Waals surface area contributed by atoms with Crippen LogP contribution in [0.15, 0.2) is 53.4 Å². The number of esters is 1. The number of carbonyl (C=O) groups excluding carboxylic acids is 3. The van der Waals surface area contributed by atoms with Crippen LogP contribution >= 0.6 is 11.8 Å². The third-order valence-electron chi connectivity index (χ3n) is 4.12. The molecular weight excluding hydrogens is 374 g/mol. The minimum Gasteiger partial charge on any atom is -0.456 e. The second kappa shape index (κ2) is 11.3. The molecule has 0 aromatic heterocycles. The van der Waals surface area contributed by atoms with E-state index >= 15 is 0 Å². The Bertz CT molecular complexity index is 818. The van der Waals surface area contributed by atoms with Crippen LogP contribution in [0.25, 0.3) is 0 Å². The van der Waals surface area contributed by atoms with E-state index < -0.39 is 11.9 Å². The van der Waals surface area contributed by atoms with Gasteiger partial charge in [0, 0.05) is 16.9 Å². The molecule has 2 rings (SSSR count). The Kier molecular flexibility index (Phi) is 8.75. The van der Waals surface area contributed by atoms with E-state index in [0.29, 0.717) is 11.3 Å². The van der Waals surface area contributed by atoms with Crippen LogP contribution in [0.2, 0.25) is 0 Å². The van der Waals surface area contributed by atoms with Crippen molar-refractivity contribution in [1.29, 1.82) is 0 Å². The molecule has 6 heteroatoms. The standard InChI is InChI=1S/C22H25NO4S/c1-3-6-16-9-11-17(12-10-16)19(24)13-14-22(26)27-15-21(25)23-18-7-4-5-8-20(18)28-2/h4-5,7-12H,3,6,13-15H2,1-2H3,(H,23,25). The molecule has 0 aliphatic rings. The lowest BCUT2D eigenvalue weighted by molar-refractivity contribution is -0.147. The highest BCUT2D eigenvalue weighted by atomic mass is 32.2. The highest BCUT2D eigenvalue weighted by Gasteiger charge is 2.13. The maximum atomic E-state index is 12.2. The number of para-hydroxylation sites is 1. The van der Waals surface area contributed by atoms with Gasteiger partial charge in [0.1, 0.15) is 0 Å². The monoisotopic (exact) mass is 399 g/mol. The summed E-state index contributed by atoms with van der Waals surface area (Å²) in [7, 11) is 0. The maximum absolute atomic E-state index is 12.2. The minimum absolute atomic E-state index is 0.0514. The van der Waals surface area contributed by atoms with Crippen LogP contribution in [0.4, 0.5) is 5.69 Å². The van der Waals surface area contributed by atoms with Crippen LogP contribution in [0.3, 0.4) is 0 Å². The average Bonchev–Trinajstić information content (AvgIpc) is 2.71. The molecule has 0 spiro atoms. The van der Waals surface area contributed by atoms with Gasteiger partial charge in [-0.3, -0.25) is 14.4 Å². The Labute approximate surface area is 169 Å². The maximum Gasteiger partial charge on any atom is 0.306 e. The topological polar surface area (TPSA) is 72.5 Å². The summed E-state index contributed by atoms with van der Waals surface area (Å²) in [4.78, 5) is 36.9. The van der Waals surface area contributed by atoms with Gasteiger partial charge < -0.3 is 10.1 Å². The van der Waals surface area contributed by atoms with Gasteiger partial charge in [-0.25, -0.2) is 0 Å². The van der Waals surface area contributed by atoms with Crippen LogP contribution in [0, 0.1) is 0 Å². The van der Waals surface area contributed by atoms with Gasteiger partial charge in [0.05, 0.1) is 12.1 Å². The summed E-state index contributed by atoms with van der Waals surface area (Å²) in [5, 5.41) is 2.72. The summed E-state index contributed by atoms with van der Waals surface area (Å²) in [5.74, 6) is -1.09. The van der Waals surface area contributed by atoms with E-state index in [-0.39, 0.29) is 25.2 Å². The van der Waals surface area contributed by atoms with Crippen molar-refractivity contribution in [2.75, 3.05) is 18.2 Å². The first-order valence-electron chi connectivity index (χ1n) is 9.24. The number of hydrogen-bond acceptors (Lipinski definition) is 5. The summed E-state index contributed by atoms with van der Waals surface area (Å²) in [6.45, 7) is 1.73. The molecule has 28 heavy (non-hydrogen) atoms. The normalized spacial score (nSPS) is 10.4. The zero-order valence-corrected chi connectivity index (χ0v) is 17.0. The zero-order valence-electron chi connectivity index (χ0n) is 16.2. The number of Topliss-reactive ketones (excluding diaryl/α,β-unsaturated/α-hetero) is 1. The summed E-state index contributed by atoms with van der Waals surface area (Å²) in [6.07, 6.45) is 3.95. The minimum atomic E-state index is -0.566. The van der Waals surface area contributed by atoms with E-state index in [1.165, 1.54) is 17.3 Å². The number of thioether (sulfide) groups is 1. The Hall–Kier alpha value is -2.60. The van der Waals surface area contributed by atoms with Gasteiger partial charge in [0.2, 0.25) is 0 Å². The summed E-state index contributed by atoms with van der Waals surface area (Å²) in [5.41, 5.74) is 2.45. The van der Waals surface area contributed by atoms with E-state index in [4.69, 9.17) is 4.74 Å². The molecule has 2 aromatic carbocycles. The molecule has 0 saturated heterocycles. The van der Waals surface area contributed by atoms with Gasteiger partial charge in [-0.1, -0.05) is 49.7 Å². The van der Waals surface area contributed by atoms with Crippen LogP contribution in [0.5, 0.6) is 0 Å². The number of nitrogens with one attached hydrogen (secondary N) is 1. The van der Waals surface area contributed by atoms with Gasteiger partial charge in [-0.2, -0.15) is 0 Å². The molecule has 0 fully saturated rings. The number of aryl methyl sites for hydroxylation is 1. The number of carbonyl (C=O) groups is 3. The lowest BCUT2D eigenvalue weighted by Crippen LogP contribution is -2.21. The molecule has 0 aliphatic carbocycles. The Morgan fingerprint density at radius 3 is 2.39 bits per heavy atom. The summed E-state index contributed by atoms with van der Waals surface area (Å²) >= 11 is 1.51. The average molecular weight is 400 g/mol. The molecule has 0 heterocycles. The quantitative estimate of drug-likeness (QED) is 0.362. The number of ketones is 1. The summed E-state index contributed by atoms with van der Waals surface area (Å²) < 4.78 is 4.98. The first kappa shape index (κ1) is 21.7. The molecule has 0 aliphatic heterocycles. The third kappa shape index (κ3) is 6.85. The number of ether oxygens (including phenoxy) is 1. The van der Waals surface area contributed by atoms with Gasteiger partial charge in [0.25, 0.3) is 5.91 Å². The van der Waals surface area contributed by atoms with Crippen LogP contribution in [-0.4, -0.2) is 30.5 Å². The molecule has 0 saturated carbocycles. The second-order valence-corrected chi connectivity index (χ2v) is 7.13. The Morgan fingerprint density at radius 2 is 1.71 bits per heavy atom.